The van der Waals surface area contributed by atoms with E-state index in [1.54, 1.807) is 13.8 Å². The van der Waals surface area contributed by atoms with Crippen LogP contribution < -0.4 is 10.0 Å². The molecule has 0 bridgehead atoms. The number of benzene rings is 1. The Hall–Kier alpha value is -2.72. The van der Waals surface area contributed by atoms with Crippen molar-refractivity contribution in [1.29, 1.82) is 0 Å². The zero-order chi connectivity index (χ0) is 19.3. The molecule has 1 aromatic heterocycles. The van der Waals surface area contributed by atoms with Crippen LogP contribution in [0.3, 0.4) is 0 Å². The second-order valence-electron chi connectivity index (χ2n) is 5.39. The van der Waals surface area contributed by atoms with Gasteiger partial charge in [-0.1, -0.05) is 12.1 Å². The van der Waals surface area contributed by atoms with Crippen molar-refractivity contribution in [1.82, 2.24) is 9.88 Å². The molecular formula is C16H19N3O6S. The van der Waals surface area contributed by atoms with Crippen molar-refractivity contribution in [2.24, 2.45) is 0 Å². The van der Waals surface area contributed by atoms with Gasteiger partial charge in [0.05, 0.1) is 10.5 Å². The molecule has 0 unspecified atom stereocenters. The van der Waals surface area contributed by atoms with E-state index >= 15 is 0 Å². The summed E-state index contributed by atoms with van der Waals surface area (Å²) < 4.78 is 36.0. The maximum absolute atomic E-state index is 12.1. The number of ether oxygens (including phenoxy) is 1. The van der Waals surface area contributed by atoms with Gasteiger partial charge in [-0.25, -0.2) is 17.9 Å². The first-order valence-corrected chi connectivity index (χ1v) is 9.26. The van der Waals surface area contributed by atoms with Crippen LogP contribution in [-0.4, -0.2) is 38.1 Å². The zero-order valence-electron chi connectivity index (χ0n) is 14.5. The molecule has 1 amide bonds. The number of hydrogen-bond donors (Lipinski definition) is 2. The number of aryl methyl sites for hydroxylation is 1. The number of carbonyl (C=O) groups excluding carboxylic acids is 2. The lowest BCUT2D eigenvalue weighted by atomic mass is 10.2. The van der Waals surface area contributed by atoms with Crippen molar-refractivity contribution in [3.8, 4) is 0 Å². The molecule has 0 spiro atoms. The molecule has 10 heteroatoms. The van der Waals surface area contributed by atoms with E-state index in [0.717, 1.165) is 0 Å². The molecule has 2 aromatic rings. The van der Waals surface area contributed by atoms with Crippen molar-refractivity contribution in [3.05, 3.63) is 41.7 Å². The number of nitrogens with zero attached hydrogens (tertiary/aromatic N) is 1. The van der Waals surface area contributed by atoms with E-state index in [9.17, 15) is 18.0 Å². The number of anilines is 1. The monoisotopic (exact) mass is 381 g/mol. The number of carbonyl (C=O) groups is 2. The summed E-state index contributed by atoms with van der Waals surface area (Å²) >= 11 is 0. The van der Waals surface area contributed by atoms with Gasteiger partial charge in [-0.05, 0) is 38.1 Å². The topological polar surface area (TPSA) is 128 Å². The van der Waals surface area contributed by atoms with Crippen LogP contribution in [0, 0.1) is 6.92 Å². The van der Waals surface area contributed by atoms with E-state index < -0.39 is 28.0 Å². The number of aromatic nitrogens is 1. The highest BCUT2D eigenvalue weighted by Crippen LogP contribution is 2.13. The molecule has 2 N–H and O–H groups in total. The minimum absolute atomic E-state index is 0.0306. The molecule has 1 heterocycles. The van der Waals surface area contributed by atoms with Crippen molar-refractivity contribution >= 4 is 27.7 Å². The van der Waals surface area contributed by atoms with E-state index in [1.807, 2.05) is 0 Å². The Morgan fingerprint density at radius 1 is 1.27 bits per heavy atom. The van der Waals surface area contributed by atoms with E-state index in [4.69, 9.17) is 9.26 Å². The summed E-state index contributed by atoms with van der Waals surface area (Å²) in [5.41, 5.74) is 0.123. The normalized spacial score (nSPS) is 12.4. The predicted octanol–water partition coefficient (Wildman–Crippen LogP) is 1.47. The maximum Gasteiger partial charge on any atom is 0.338 e. The van der Waals surface area contributed by atoms with Crippen LogP contribution in [0.4, 0.5) is 5.82 Å². The number of amides is 1. The Bertz CT molecular complexity index is 889. The third-order valence-corrected chi connectivity index (χ3v) is 4.83. The van der Waals surface area contributed by atoms with E-state index in [-0.39, 0.29) is 22.8 Å². The van der Waals surface area contributed by atoms with Gasteiger partial charge in [0.15, 0.2) is 11.9 Å². The predicted molar refractivity (Wildman–Crippen MR) is 92.1 cm³/mol. The molecule has 2 rings (SSSR count). The molecule has 9 nitrogen and oxygen atoms in total. The van der Waals surface area contributed by atoms with Gasteiger partial charge in [0, 0.05) is 12.6 Å². The summed E-state index contributed by atoms with van der Waals surface area (Å²) in [7, 11) is -3.60. The van der Waals surface area contributed by atoms with Crippen molar-refractivity contribution in [3.63, 3.8) is 0 Å². The molecule has 0 aliphatic heterocycles. The maximum atomic E-state index is 12.1. The molecule has 0 aliphatic carbocycles. The highest BCUT2D eigenvalue weighted by atomic mass is 32.2. The van der Waals surface area contributed by atoms with Gasteiger partial charge >= 0.3 is 5.97 Å². The molecule has 0 fully saturated rings. The Morgan fingerprint density at radius 3 is 2.46 bits per heavy atom. The van der Waals surface area contributed by atoms with Crippen LogP contribution in [0.2, 0.25) is 0 Å². The first-order valence-electron chi connectivity index (χ1n) is 7.78. The summed E-state index contributed by atoms with van der Waals surface area (Å²) in [6.07, 6.45) is -1.08. The number of nitrogens with one attached hydrogen (secondary N) is 2. The Morgan fingerprint density at radius 2 is 1.92 bits per heavy atom. The Kier molecular flexibility index (Phi) is 6.11. The molecule has 26 heavy (non-hydrogen) atoms. The van der Waals surface area contributed by atoms with Gasteiger partial charge in [-0.2, -0.15) is 0 Å². The van der Waals surface area contributed by atoms with Gasteiger partial charge in [0.1, 0.15) is 5.76 Å². The fraction of sp³-hybridized carbons (Fsp3) is 0.312. The smallest absolute Gasteiger partial charge is 0.338 e. The summed E-state index contributed by atoms with van der Waals surface area (Å²) in [6, 6.07) is 6.74. The highest BCUT2D eigenvalue weighted by Gasteiger charge is 2.21. The van der Waals surface area contributed by atoms with Crippen LogP contribution >= 0.6 is 0 Å². The summed E-state index contributed by atoms with van der Waals surface area (Å²) in [5.74, 6) is -0.583. The van der Waals surface area contributed by atoms with Gasteiger partial charge in [0.25, 0.3) is 5.91 Å². The van der Waals surface area contributed by atoms with Crippen LogP contribution in [-0.2, 0) is 19.6 Å². The lowest BCUT2D eigenvalue weighted by molar-refractivity contribution is -0.123. The molecule has 1 atom stereocenters. The molecule has 0 saturated heterocycles. The van der Waals surface area contributed by atoms with E-state index in [1.165, 1.54) is 37.3 Å². The van der Waals surface area contributed by atoms with E-state index in [0.29, 0.717) is 5.76 Å². The Labute approximate surface area is 150 Å². The minimum atomic E-state index is -3.60. The molecule has 140 valence electrons. The third kappa shape index (κ3) is 4.90. The second-order valence-corrected chi connectivity index (χ2v) is 7.15. The Balaban J connectivity index is 1.99. The second kappa shape index (κ2) is 8.11. The van der Waals surface area contributed by atoms with Gasteiger partial charge in [-0.3, -0.25) is 4.79 Å². The van der Waals surface area contributed by atoms with Crippen molar-refractivity contribution in [2.75, 3.05) is 11.9 Å². The van der Waals surface area contributed by atoms with Crippen LogP contribution in [0.1, 0.15) is 30.0 Å². The quantitative estimate of drug-likeness (QED) is 0.695. The fourth-order valence-corrected chi connectivity index (χ4v) is 3.02. The molecule has 0 aliphatic rings. The van der Waals surface area contributed by atoms with Crippen LogP contribution in [0.15, 0.2) is 39.8 Å². The largest absolute Gasteiger partial charge is 0.449 e. The molecule has 0 radical (unpaired) electrons. The zero-order valence-corrected chi connectivity index (χ0v) is 15.3. The van der Waals surface area contributed by atoms with Crippen molar-refractivity contribution < 1.29 is 27.3 Å². The first kappa shape index (κ1) is 19.6. The lowest BCUT2D eigenvalue weighted by Crippen LogP contribution is -2.30. The lowest BCUT2D eigenvalue weighted by Gasteiger charge is -2.12. The summed E-state index contributed by atoms with van der Waals surface area (Å²) in [6.45, 7) is 5.00. The van der Waals surface area contributed by atoms with Gasteiger partial charge < -0.3 is 14.6 Å². The molecule has 0 saturated carbocycles. The number of esters is 1. The number of rotatable bonds is 7. The van der Waals surface area contributed by atoms with Gasteiger partial charge in [0.2, 0.25) is 10.0 Å². The standard InChI is InChI=1S/C16H19N3O6S/c1-4-17-26(22,23)13-7-5-12(6-8-13)16(21)24-11(3)15(20)18-14-9-10(2)25-19-14/h5-9,11,17H,4H2,1-3H3,(H,18,19,20)/t11-/m0/s1. The van der Waals surface area contributed by atoms with Gasteiger partial charge in [-0.15, -0.1) is 0 Å². The number of sulfonamides is 1. The van der Waals surface area contributed by atoms with Crippen molar-refractivity contribution in [2.45, 2.75) is 31.8 Å². The summed E-state index contributed by atoms with van der Waals surface area (Å²) in [5, 5.41) is 6.07. The average molecular weight is 381 g/mol. The highest BCUT2D eigenvalue weighted by molar-refractivity contribution is 7.89. The molecule has 1 aromatic carbocycles. The van der Waals surface area contributed by atoms with Crippen LogP contribution in [0.25, 0.3) is 0 Å². The third-order valence-electron chi connectivity index (χ3n) is 3.27. The summed E-state index contributed by atoms with van der Waals surface area (Å²) in [4.78, 5) is 24.1. The van der Waals surface area contributed by atoms with Crippen LogP contribution in [0.5, 0.6) is 0 Å². The number of hydrogen-bond acceptors (Lipinski definition) is 7. The van der Waals surface area contributed by atoms with E-state index in [2.05, 4.69) is 15.2 Å². The minimum Gasteiger partial charge on any atom is -0.449 e. The average Bonchev–Trinajstić information content (AvgIpc) is 2.99. The molecular weight excluding hydrogens is 362 g/mol. The first-order chi connectivity index (χ1) is 12.2. The fourth-order valence-electron chi connectivity index (χ4n) is 1.98. The SMILES string of the molecule is CCNS(=O)(=O)c1ccc(C(=O)O[C@@H](C)C(=O)Nc2cc(C)on2)cc1.